The lowest BCUT2D eigenvalue weighted by molar-refractivity contribution is -0.192. The fourth-order valence-corrected chi connectivity index (χ4v) is 3.31. The number of carbonyl (C=O) groups is 2. The molecule has 3 aromatic rings. The average Bonchev–Trinajstić information content (AvgIpc) is 3.19. The highest BCUT2D eigenvalue weighted by atomic mass is 19.4. The Labute approximate surface area is 182 Å². The molecule has 7 nitrogen and oxygen atoms in total. The van der Waals surface area contributed by atoms with E-state index in [1.165, 1.54) is 0 Å². The summed E-state index contributed by atoms with van der Waals surface area (Å²) in [6, 6.07) is 12.0. The van der Waals surface area contributed by atoms with Gasteiger partial charge in [-0.3, -0.25) is 9.78 Å². The zero-order valence-electron chi connectivity index (χ0n) is 17.2. The quantitative estimate of drug-likeness (QED) is 0.666. The van der Waals surface area contributed by atoms with Crippen molar-refractivity contribution in [3.8, 4) is 11.3 Å². The second-order valence-corrected chi connectivity index (χ2v) is 7.17. The molecule has 1 aromatic carbocycles. The number of nitrogens with zero attached hydrogens (tertiary/aromatic N) is 4. The predicted octanol–water partition coefficient (Wildman–Crippen LogP) is 3.47. The summed E-state index contributed by atoms with van der Waals surface area (Å²) in [5.41, 5.74) is 4.45. The van der Waals surface area contributed by atoms with Crippen LogP contribution in [0.3, 0.4) is 0 Å². The van der Waals surface area contributed by atoms with Crippen molar-refractivity contribution < 1.29 is 27.9 Å². The van der Waals surface area contributed by atoms with Gasteiger partial charge in [0, 0.05) is 31.0 Å². The van der Waals surface area contributed by atoms with Crippen molar-refractivity contribution in [1.29, 1.82) is 0 Å². The van der Waals surface area contributed by atoms with Crippen LogP contribution in [0.25, 0.3) is 11.3 Å². The minimum atomic E-state index is -5.08. The molecule has 1 N–H and O–H groups in total. The molecule has 0 fully saturated rings. The minimum Gasteiger partial charge on any atom is -0.475 e. The molecular formula is C22H21F3N4O3. The number of aliphatic carboxylic acids is 1. The zero-order valence-corrected chi connectivity index (χ0v) is 17.2. The van der Waals surface area contributed by atoms with Crippen LogP contribution < -0.4 is 0 Å². The number of imidazole rings is 1. The second-order valence-electron chi connectivity index (χ2n) is 7.17. The SMILES string of the molecule is Cc1ccccc1CC(=O)N1CCn2c(-c3ccncc3)cnc2C1.O=C(O)C(F)(F)F. The third-order valence-corrected chi connectivity index (χ3v) is 5.04. The fourth-order valence-electron chi connectivity index (χ4n) is 3.31. The van der Waals surface area contributed by atoms with E-state index in [0.29, 0.717) is 19.5 Å². The summed E-state index contributed by atoms with van der Waals surface area (Å²) < 4.78 is 33.9. The first-order valence-electron chi connectivity index (χ1n) is 9.74. The average molecular weight is 446 g/mol. The maximum atomic E-state index is 12.7. The third kappa shape index (κ3) is 5.51. The van der Waals surface area contributed by atoms with E-state index in [2.05, 4.69) is 14.5 Å². The molecule has 0 aliphatic carbocycles. The molecule has 0 saturated heterocycles. The summed E-state index contributed by atoms with van der Waals surface area (Å²) in [7, 11) is 0. The third-order valence-electron chi connectivity index (χ3n) is 5.04. The van der Waals surface area contributed by atoms with E-state index in [-0.39, 0.29) is 5.91 Å². The normalized spacial score (nSPS) is 13.1. The second kappa shape index (κ2) is 9.63. The summed E-state index contributed by atoms with van der Waals surface area (Å²) in [5, 5.41) is 7.12. The van der Waals surface area contributed by atoms with Crippen LogP contribution in [-0.4, -0.2) is 49.1 Å². The van der Waals surface area contributed by atoms with Crippen molar-refractivity contribution in [3.05, 3.63) is 71.9 Å². The number of aryl methyl sites for hydroxylation is 1. The Bertz CT molecular complexity index is 1100. The molecule has 0 atom stereocenters. The lowest BCUT2D eigenvalue weighted by atomic mass is 10.1. The van der Waals surface area contributed by atoms with Crippen LogP contribution in [0.15, 0.2) is 55.0 Å². The Balaban J connectivity index is 0.000000360. The molecule has 32 heavy (non-hydrogen) atoms. The topological polar surface area (TPSA) is 88.3 Å². The first-order valence-corrected chi connectivity index (χ1v) is 9.74. The molecule has 0 unspecified atom stereocenters. The van der Waals surface area contributed by atoms with E-state index >= 15 is 0 Å². The van der Waals surface area contributed by atoms with Crippen molar-refractivity contribution in [2.75, 3.05) is 6.54 Å². The van der Waals surface area contributed by atoms with Gasteiger partial charge in [0.25, 0.3) is 0 Å². The Morgan fingerprint density at radius 2 is 1.75 bits per heavy atom. The molecular weight excluding hydrogens is 425 g/mol. The van der Waals surface area contributed by atoms with E-state index in [4.69, 9.17) is 9.90 Å². The molecule has 3 heterocycles. The molecule has 1 aliphatic rings. The lowest BCUT2D eigenvalue weighted by Gasteiger charge is -2.29. The number of fused-ring (bicyclic) bond motifs is 1. The number of hydrogen-bond donors (Lipinski definition) is 1. The van der Waals surface area contributed by atoms with Crippen molar-refractivity contribution in [2.45, 2.75) is 32.6 Å². The van der Waals surface area contributed by atoms with E-state index in [1.54, 1.807) is 12.4 Å². The van der Waals surface area contributed by atoms with E-state index in [0.717, 1.165) is 34.8 Å². The fraction of sp³-hybridized carbons (Fsp3) is 0.273. The van der Waals surface area contributed by atoms with Crippen LogP contribution >= 0.6 is 0 Å². The van der Waals surface area contributed by atoms with Gasteiger partial charge >= 0.3 is 12.1 Å². The van der Waals surface area contributed by atoms with Crippen LogP contribution in [0.4, 0.5) is 13.2 Å². The maximum absolute atomic E-state index is 12.7. The predicted molar refractivity (Wildman–Crippen MR) is 109 cm³/mol. The van der Waals surface area contributed by atoms with Crippen molar-refractivity contribution in [3.63, 3.8) is 0 Å². The molecule has 10 heteroatoms. The van der Waals surface area contributed by atoms with Gasteiger partial charge in [0.15, 0.2) is 0 Å². The van der Waals surface area contributed by atoms with Gasteiger partial charge in [-0.1, -0.05) is 24.3 Å². The summed E-state index contributed by atoms with van der Waals surface area (Å²) in [4.78, 5) is 32.1. The van der Waals surface area contributed by atoms with Gasteiger partial charge in [-0.05, 0) is 30.2 Å². The summed E-state index contributed by atoms with van der Waals surface area (Å²) >= 11 is 0. The van der Waals surface area contributed by atoms with Crippen molar-refractivity contribution in [2.24, 2.45) is 0 Å². The number of hydrogen-bond acceptors (Lipinski definition) is 4. The monoisotopic (exact) mass is 446 g/mol. The van der Waals surface area contributed by atoms with E-state index in [9.17, 15) is 18.0 Å². The molecule has 0 bridgehead atoms. The maximum Gasteiger partial charge on any atom is 0.490 e. The van der Waals surface area contributed by atoms with E-state index < -0.39 is 12.1 Å². The molecule has 4 rings (SSSR count). The number of amides is 1. The Morgan fingerprint density at radius 3 is 2.38 bits per heavy atom. The summed E-state index contributed by atoms with van der Waals surface area (Å²) in [6.07, 6.45) is 0.830. The number of carboxylic acids is 1. The summed E-state index contributed by atoms with van der Waals surface area (Å²) in [6.45, 7) is 4.10. The van der Waals surface area contributed by atoms with Gasteiger partial charge in [0.2, 0.25) is 5.91 Å². The smallest absolute Gasteiger partial charge is 0.475 e. The van der Waals surface area contributed by atoms with Crippen LogP contribution in [0.2, 0.25) is 0 Å². The van der Waals surface area contributed by atoms with Gasteiger partial charge in [-0.15, -0.1) is 0 Å². The number of carboxylic acid groups (broad SMARTS) is 1. The van der Waals surface area contributed by atoms with Crippen LogP contribution in [0, 0.1) is 6.92 Å². The number of pyridine rings is 1. The van der Waals surface area contributed by atoms with Gasteiger partial charge in [-0.25, -0.2) is 9.78 Å². The molecule has 1 amide bonds. The number of alkyl halides is 3. The van der Waals surface area contributed by atoms with Crippen LogP contribution in [-0.2, 0) is 29.1 Å². The number of carbonyl (C=O) groups excluding carboxylic acids is 1. The molecule has 0 saturated carbocycles. The van der Waals surface area contributed by atoms with Crippen LogP contribution in [0.5, 0.6) is 0 Å². The highest BCUT2D eigenvalue weighted by molar-refractivity contribution is 5.79. The Kier molecular flexibility index (Phi) is 6.92. The molecule has 2 aromatic heterocycles. The summed E-state index contributed by atoms with van der Waals surface area (Å²) in [5.74, 6) is -1.65. The molecule has 0 radical (unpaired) electrons. The highest BCUT2D eigenvalue weighted by Gasteiger charge is 2.38. The Morgan fingerprint density at radius 1 is 1.09 bits per heavy atom. The van der Waals surface area contributed by atoms with Gasteiger partial charge in [-0.2, -0.15) is 13.2 Å². The molecule has 1 aliphatic heterocycles. The standard InChI is InChI=1S/C20H20N4O.C2HF3O2/c1-15-4-2-3-5-17(15)12-20(25)23-10-11-24-18(13-22-19(24)14-23)16-6-8-21-9-7-16;3-2(4,5)1(6)7/h2-9,13H,10-12,14H2,1H3;(H,6,7). The van der Waals surface area contributed by atoms with Gasteiger partial charge < -0.3 is 14.6 Å². The largest absolute Gasteiger partial charge is 0.490 e. The number of halogens is 3. The minimum absolute atomic E-state index is 0.161. The number of benzene rings is 1. The highest BCUT2D eigenvalue weighted by Crippen LogP contribution is 2.24. The molecule has 0 spiro atoms. The van der Waals surface area contributed by atoms with Gasteiger partial charge in [0.05, 0.1) is 24.9 Å². The Hall–Kier alpha value is -3.69. The van der Waals surface area contributed by atoms with Gasteiger partial charge in [0.1, 0.15) is 5.82 Å². The number of aromatic nitrogens is 3. The lowest BCUT2D eigenvalue weighted by Crippen LogP contribution is -2.39. The first-order chi connectivity index (χ1) is 15.2. The number of rotatable bonds is 3. The van der Waals surface area contributed by atoms with E-state index in [1.807, 2.05) is 54.4 Å². The molecule has 168 valence electrons. The van der Waals surface area contributed by atoms with Crippen molar-refractivity contribution in [1.82, 2.24) is 19.4 Å². The van der Waals surface area contributed by atoms with Crippen LogP contribution in [0.1, 0.15) is 17.0 Å². The first kappa shape index (κ1) is 23.0. The zero-order chi connectivity index (χ0) is 23.3. The van der Waals surface area contributed by atoms with Crippen molar-refractivity contribution >= 4 is 11.9 Å².